The molecule has 2 aliphatic heterocycles. The second kappa shape index (κ2) is 12.7. The van der Waals surface area contributed by atoms with Gasteiger partial charge in [-0.25, -0.2) is 19.4 Å². The van der Waals surface area contributed by atoms with Gasteiger partial charge in [0.05, 0.1) is 41.8 Å². The van der Waals surface area contributed by atoms with Crippen LogP contribution in [0.3, 0.4) is 0 Å². The van der Waals surface area contributed by atoms with Gasteiger partial charge in [-0.1, -0.05) is 30.3 Å². The first-order valence-corrected chi connectivity index (χ1v) is 13.8. The van der Waals surface area contributed by atoms with Crippen LogP contribution in [-0.2, 0) is 16.1 Å². The molecule has 2 aromatic carbocycles. The van der Waals surface area contributed by atoms with E-state index in [-0.39, 0.29) is 23.0 Å². The molecule has 1 amide bonds. The molecular formula is C29H33ClFN7O3. The van der Waals surface area contributed by atoms with Crippen molar-refractivity contribution >= 4 is 46.2 Å². The lowest BCUT2D eigenvalue weighted by molar-refractivity contribution is -0.111. The normalized spacial score (nSPS) is 17.4. The first kappa shape index (κ1) is 28.6. The zero-order valence-electron chi connectivity index (χ0n) is 22.8. The number of nitrogens with two attached hydrogens (primary N) is 1. The molecular weight excluding hydrogens is 549 g/mol. The molecule has 2 aliphatic rings. The van der Waals surface area contributed by atoms with Crippen LogP contribution in [0.1, 0.15) is 24.8 Å². The fourth-order valence-corrected chi connectivity index (χ4v) is 5.31. The first-order valence-electron chi connectivity index (χ1n) is 13.5. The second-order valence-electron chi connectivity index (χ2n) is 9.99. The number of hydroxylamine groups is 1. The van der Waals surface area contributed by atoms with E-state index in [4.69, 9.17) is 26.9 Å². The molecule has 12 heteroatoms. The van der Waals surface area contributed by atoms with E-state index in [1.165, 1.54) is 18.5 Å². The van der Waals surface area contributed by atoms with Crippen LogP contribution in [0.5, 0.6) is 5.75 Å². The Labute approximate surface area is 243 Å². The highest BCUT2D eigenvalue weighted by Crippen LogP contribution is 2.39. The van der Waals surface area contributed by atoms with Crippen molar-refractivity contribution in [3.63, 3.8) is 0 Å². The topological polar surface area (TPSA) is 118 Å². The van der Waals surface area contributed by atoms with E-state index >= 15 is 0 Å². The first-order chi connectivity index (χ1) is 19.9. The molecule has 0 aliphatic carbocycles. The van der Waals surface area contributed by atoms with Gasteiger partial charge >= 0.3 is 0 Å². The molecule has 4 N–H and O–H groups in total. The number of carbonyl (C=O) groups is 1. The molecule has 41 heavy (non-hydrogen) atoms. The van der Waals surface area contributed by atoms with Crippen LogP contribution in [0, 0.1) is 5.82 Å². The molecule has 1 atom stereocenters. The fraction of sp³-hybridized carbons (Fsp3) is 0.345. The molecule has 3 heterocycles. The summed E-state index contributed by atoms with van der Waals surface area (Å²) < 4.78 is 19.7. The Balaban J connectivity index is 1.40. The molecule has 0 spiro atoms. The Morgan fingerprint density at radius 3 is 2.80 bits per heavy atom. The number of carbonyl (C=O) groups excluding carboxylic acids is 1. The SMILES string of the molecule is C=CC(=O)Nc1cc(Nc2cc(N3OCC[C@@H]3Cc3cccc(F)c3Cl)ncn2)c(OC)cc1N1CCC(N)CC1. The van der Waals surface area contributed by atoms with Gasteiger partial charge in [-0.2, -0.15) is 0 Å². The third-order valence-corrected chi connectivity index (χ3v) is 7.71. The summed E-state index contributed by atoms with van der Waals surface area (Å²) in [6.07, 6.45) is 5.59. The maximum Gasteiger partial charge on any atom is 0.247 e. The Kier molecular flexibility index (Phi) is 8.87. The number of aromatic nitrogens is 2. The summed E-state index contributed by atoms with van der Waals surface area (Å²) in [5, 5.41) is 8.04. The fourth-order valence-electron chi connectivity index (χ4n) is 5.10. The molecule has 0 bridgehead atoms. The lowest BCUT2D eigenvalue weighted by Gasteiger charge is -2.33. The number of nitrogens with one attached hydrogen (secondary N) is 2. The molecule has 0 radical (unpaired) electrons. The van der Waals surface area contributed by atoms with Crippen molar-refractivity contribution in [1.29, 1.82) is 0 Å². The number of anilines is 5. The minimum Gasteiger partial charge on any atom is -0.494 e. The average Bonchev–Trinajstić information content (AvgIpc) is 3.44. The minimum absolute atomic E-state index is 0.0933. The monoisotopic (exact) mass is 581 g/mol. The van der Waals surface area contributed by atoms with Crippen LogP contribution in [-0.4, -0.2) is 54.8 Å². The molecule has 3 aromatic rings. The highest BCUT2D eigenvalue weighted by atomic mass is 35.5. The zero-order valence-corrected chi connectivity index (χ0v) is 23.5. The van der Waals surface area contributed by atoms with Crippen molar-refractivity contribution in [1.82, 2.24) is 9.97 Å². The van der Waals surface area contributed by atoms with Crippen molar-refractivity contribution in [3.05, 3.63) is 71.8 Å². The van der Waals surface area contributed by atoms with E-state index in [9.17, 15) is 9.18 Å². The van der Waals surface area contributed by atoms with Gasteiger partial charge in [-0.3, -0.25) is 9.63 Å². The van der Waals surface area contributed by atoms with Gasteiger partial charge in [-0.15, -0.1) is 0 Å². The van der Waals surface area contributed by atoms with Crippen LogP contribution in [0.2, 0.25) is 5.02 Å². The molecule has 0 saturated carbocycles. The summed E-state index contributed by atoms with van der Waals surface area (Å²) in [7, 11) is 1.59. The number of amides is 1. The van der Waals surface area contributed by atoms with E-state index in [2.05, 4.69) is 32.1 Å². The van der Waals surface area contributed by atoms with Crippen molar-refractivity contribution < 1.29 is 18.8 Å². The lowest BCUT2D eigenvalue weighted by atomic mass is 10.0. The van der Waals surface area contributed by atoms with Gasteiger partial charge in [0, 0.05) is 31.3 Å². The van der Waals surface area contributed by atoms with Gasteiger partial charge in [0.2, 0.25) is 5.91 Å². The van der Waals surface area contributed by atoms with Gasteiger partial charge in [0.1, 0.15) is 23.7 Å². The molecule has 2 saturated heterocycles. The predicted molar refractivity (Wildman–Crippen MR) is 159 cm³/mol. The van der Waals surface area contributed by atoms with Crippen molar-refractivity contribution in [2.75, 3.05) is 47.4 Å². The van der Waals surface area contributed by atoms with E-state index in [1.807, 2.05) is 18.2 Å². The number of halogens is 2. The number of benzene rings is 2. The predicted octanol–water partition coefficient (Wildman–Crippen LogP) is 4.83. The second-order valence-corrected chi connectivity index (χ2v) is 10.4. The van der Waals surface area contributed by atoms with Crippen LogP contribution in [0.4, 0.5) is 33.1 Å². The number of rotatable bonds is 9. The third-order valence-electron chi connectivity index (χ3n) is 7.28. The van der Waals surface area contributed by atoms with Gasteiger partial charge in [0.25, 0.3) is 0 Å². The van der Waals surface area contributed by atoms with E-state index in [1.54, 1.807) is 24.3 Å². The summed E-state index contributed by atoms with van der Waals surface area (Å²) in [5.41, 5.74) is 8.85. The van der Waals surface area contributed by atoms with Crippen molar-refractivity contribution in [2.45, 2.75) is 37.8 Å². The van der Waals surface area contributed by atoms with Crippen molar-refractivity contribution in [3.8, 4) is 5.75 Å². The third kappa shape index (κ3) is 6.53. The highest BCUT2D eigenvalue weighted by Gasteiger charge is 2.29. The standard InChI is InChI=1S/C29H33ClFN7O3/c1-3-28(39)36-22-14-23(25(40-2)15-24(22)37-10-7-19(32)8-11-37)35-26-16-27(34-17-33-26)38-20(9-12-41-38)13-18-5-4-6-21(31)29(18)30/h3-6,14-17,19-20H,1,7-13,32H2,2H3,(H,36,39)(H,33,34,35)/t20-/m1/s1. The highest BCUT2D eigenvalue weighted by molar-refractivity contribution is 6.31. The largest absolute Gasteiger partial charge is 0.494 e. The summed E-state index contributed by atoms with van der Waals surface area (Å²) in [6, 6.07) is 10.3. The van der Waals surface area contributed by atoms with Gasteiger partial charge < -0.3 is 26.0 Å². The number of ether oxygens (including phenoxy) is 1. The van der Waals surface area contributed by atoms with E-state index in [0.29, 0.717) is 47.4 Å². The summed E-state index contributed by atoms with van der Waals surface area (Å²) in [5.74, 6) is 0.830. The van der Waals surface area contributed by atoms with Gasteiger partial charge in [-0.05, 0) is 49.5 Å². The molecule has 1 aromatic heterocycles. The quantitative estimate of drug-likeness (QED) is 0.305. The van der Waals surface area contributed by atoms with E-state index in [0.717, 1.165) is 38.0 Å². The summed E-state index contributed by atoms with van der Waals surface area (Å²) in [4.78, 5) is 29.2. The Morgan fingerprint density at radius 2 is 2.05 bits per heavy atom. The Bertz CT molecular complexity index is 1420. The average molecular weight is 582 g/mol. The zero-order chi connectivity index (χ0) is 28.9. The Morgan fingerprint density at radius 1 is 1.24 bits per heavy atom. The van der Waals surface area contributed by atoms with Crippen LogP contribution in [0.25, 0.3) is 0 Å². The summed E-state index contributed by atoms with van der Waals surface area (Å²) in [6.45, 7) is 5.60. The van der Waals surface area contributed by atoms with Crippen molar-refractivity contribution in [2.24, 2.45) is 5.73 Å². The maximum absolute atomic E-state index is 14.0. The van der Waals surface area contributed by atoms with Crippen LogP contribution >= 0.6 is 11.6 Å². The minimum atomic E-state index is -0.448. The van der Waals surface area contributed by atoms with Crippen LogP contribution in [0.15, 0.2) is 55.4 Å². The molecule has 0 unspecified atom stereocenters. The Hall–Kier alpha value is -3.93. The molecule has 216 valence electrons. The smallest absolute Gasteiger partial charge is 0.247 e. The number of hydrogen-bond donors (Lipinski definition) is 3. The number of nitrogens with zero attached hydrogens (tertiary/aromatic N) is 4. The van der Waals surface area contributed by atoms with E-state index < -0.39 is 5.82 Å². The molecule has 10 nitrogen and oxygen atoms in total. The number of methoxy groups -OCH3 is 1. The molecule has 2 fully saturated rings. The maximum atomic E-state index is 14.0. The van der Waals surface area contributed by atoms with Crippen LogP contribution < -0.4 is 31.1 Å². The lowest BCUT2D eigenvalue weighted by Crippen LogP contribution is -2.40. The number of piperidine rings is 1. The number of hydrogen-bond acceptors (Lipinski definition) is 9. The van der Waals surface area contributed by atoms with Gasteiger partial charge in [0.15, 0.2) is 5.82 Å². The summed E-state index contributed by atoms with van der Waals surface area (Å²) >= 11 is 6.21. The molecule has 5 rings (SSSR count).